The van der Waals surface area contributed by atoms with Crippen molar-refractivity contribution in [2.24, 2.45) is 0 Å². The molecular weight excluding hydrogens is 454 g/mol. The zero-order valence-corrected chi connectivity index (χ0v) is 19.5. The van der Waals surface area contributed by atoms with E-state index in [4.69, 9.17) is 10.00 Å². The summed E-state index contributed by atoms with van der Waals surface area (Å²) in [6.07, 6.45) is 5.52. The maximum absolute atomic E-state index is 13.3. The molecule has 0 spiro atoms. The Morgan fingerprint density at radius 2 is 1.94 bits per heavy atom. The second kappa shape index (κ2) is 8.83. The molecule has 1 aromatic carbocycles. The molecule has 1 saturated carbocycles. The van der Waals surface area contributed by atoms with Gasteiger partial charge in [-0.25, -0.2) is 22.4 Å². The summed E-state index contributed by atoms with van der Waals surface area (Å²) in [6.45, 7) is 1.76. The largest absolute Gasteiger partial charge is 0.385 e. The Labute approximate surface area is 197 Å². The number of benzene rings is 1. The van der Waals surface area contributed by atoms with Crippen molar-refractivity contribution in [3.05, 3.63) is 54.6 Å². The molecule has 0 radical (unpaired) electrons. The maximum Gasteiger partial charge on any atom is 0.269 e. The fourth-order valence-corrected chi connectivity index (χ4v) is 6.18. The minimum atomic E-state index is -3.82. The van der Waals surface area contributed by atoms with Gasteiger partial charge in [0.25, 0.3) is 10.0 Å². The lowest BCUT2D eigenvalue weighted by Gasteiger charge is -2.30. The van der Waals surface area contributed by atoms with Gasteiger partial charge >= 0.3 is 0 Å². The number of imidazole rings is 1. The van der Waals surface area contributed by atoms with E-state index >= 15 is 0 Å². The topological polar surface area (TPSA) is 123 Å². The number of aliphatic hydroxyl groups excluding tert-OH is 1. The first-order valence-electron chi connectivity index (χ1n) is 11.3. The lowest BCUT2D eigenvalue weighted by molar-refractivity contribution is 0.0377. The second-order valence-electron chi connectivity index (χ2n) is 8.57. The third-order valence-corrected chi connectivity index (χ3v) is 8.10. The van der Waals surface area contributed by atoms with Crippen LogP contribution in [0.4, 0.5) is 0 Å². The number of ether oxygens (including phenoxy) is 1. The van der Waals surface area contributed by atoms with E-state index in [1.807, 2.05) is 10.6 Å². The van der Waals surface area contributed by atoms with Crippen molar-refractivity contribution < 1.29 is 18.3 Å². The molecule has 0 unspecified atom stereocenters. The number of hydrogen-bond acceptors (Lipinski definition) is 7. The van der Waals surface area contributed by atoms with Gasteiger partial charge < -0.3 is 14.4 Å². The summed E-state index contributed by atoms with van der Waals surface area (Å²) in [4.78, 5) is 9.28. The molecule has 3 heterocycles. The van der Waals surface area contributed by atoms with Crippen LogP contribution < -0.4 is 0 Å². The van der Waals surface area contributed by atoms with Gasteiger partial charge in [0.1, 0.15) is 24.1 Å². The van der Waals surface area contributed by atoms with Gasteiger partial charge in [0.15, 0.2) is 5.65 Å². The van der Waals surface area contributed by atoms with E-state index in [9.17, 15) is 13.5 Å². The lowest BCUT2D eigenvalue weighted by atomic mass is 9.92. The molecular formula is C24H25N5O4S. The van der Waals surface area contributed by atoms with Crippen LogP contribution in [0.15, 0.2) is 53.7 Å². The molecule has 9 nitrogen and oxygen atoms in total. The van der Waals surface area contributed by atoms with Crippen molar-refractivity contribution in [2.45, 2.75) is 55.8 Å². The highest BCUT2D eigenvalue weighted by atomic mass is 32.2. The maximum atomic E-state index is 13.3. The summed E-state index contributed by atoms with van der Waals surface area (Å²) in [5.74, 6) is 0.532. The number of aromatic nitrogens is 4. The standard InChI is InChI=1S/C24H25N5O4S/c1-16(30)23-27-21-15-26-24-20(11-13-28(24)34(31,32)19-5-3-2-4-6-19)22(21)29(23)17-7-9-18(10-8-17)33-14-12-25/h2-6,11,13,15-18,30H,7-10,14H2,1H3/t16-,17?,18?/m1/s1. The van der Waals surface area contributed by atoms with Crippen LogP contribution in [0.2, 0.25) is 0 Å². The zero-order chi connectivity index (χ0) is 23.9. The van der Waals surface area contributed by atoms with Crippen molar-refractivity contribution >= 4 is 32.1 Å². The van der Waals surface area contributed by atoms with Gasteiger partial charge in [-0.3, -0.25) is 0 Å². The van der Waals surface area contributed by atoms with Gasteiger partial charge in [0.05, 0.1) is 28.8 Å². The Morgan fingerprint density at radius 3 is 2.62 bits per heavy atom. The minimum absolute atomic E-state index is 0.0412. The molecule has 1 aliphatic rings. The van der Waals surface area contributed by atoms with Crippen LogP contribution >= 0.6 is 0 Å². The van der Waals surface area contributed by atoms with Gasteiger partial charge in [0.2, 0.25) is 0 Å². The van der Waals surface area contributed by atoms with Crippen LogP contribution in [0, 0.1) is 11.3 Å². The predicted molar refractivity (Wildman–Crippen MR) is 126 cm³/mol. The van der Waals surface area contributed by atoms with Crippen LogP contribution in [0.5, 0.6) is 0 Å². The Hall–Kier alpha value is -3.26. The van der Waals surface area contributed by atoms with Gasteiger partial charge in [-0.15, -0.1) is 0 Å². The number of fused-ring (bicyclic) bond motifs is 3. The molecule has 34 heavy (non-hydrogen) atoms. The third kappa shape index (κ3) is 3.76. The molecule has 4 aromatic rings. The van der Waals surface area contributed by atoms with E-state index in [0.717, 1.165) is 31.2 Å². The first kappa shape index (κ1) is 22.5. The van der Waals surface area contributed by atoms with Gasteiger partial charge in [-0.1, -0.05) is 18.2 Å². The normalized spacial score (nSPS) is 19.9. The SMILES string of the molecule is C[C@@H](O)c1nc2cnc3c(ccn3S(=O)(=O)c3ccccc3)c2n1C1CCC(OCC#N)CC1. The van der Waals surface area contributed by atoms with Crippen LogP contribution in [-0.4, -0.2) is 44.7 Å². The summed E-state index contributed by atoms with van der Waals surface area (Å²) in [6, 6.07) is 12.1. The summed E-state index contributed by atoms with van der Waals surface area (Å²) < 4.78 is 35.4. The molecule has 176 valence electrons. The van der Waals surface area contributed by atoms with Crippen LogP contribution in [0.3, 0.4) is 0 Å². The average molecular weight is 480 g/mol. The van der Waals surface area contributed by atoms with E-state index in [2.05, 4.69) is 9.97 Å². The molecule has 1 atom stereocenters. The molecule has 1 aliphatic carbocycles. The fraction of sp³-hybridized carbons (Fsp3) is 0.375. The van der Waals surface area contributed by atoms with Gasteiger partial charge in [0, 0.05) is 17.6 Å². The van der Waals surface area contributed by atoms with Crippen LogP contribution in [0.1, 0.15) is 50.6 Å². The van der Waals surface area contributed by atoms with Gasteiger partial charge in [-0.2, -0.15) is 5.26 Å². The molecule has 0 bridgehead atoms. The Kier molecular flexibility index (Phi) is 5.85. The molecule has 5 rings (SSSR count). The number of nitrogens with zero attached hydrogens (tertiary/aromatic N) is 5. The van der Waals surface area contributed by atoms with E-state index in [-0.39, 0.29) is 23.6 Å². The fourth-order valence-electron chi connectivity index (χ4n) is 4.86. The number of pyridine rings is 1. The van der Waals surface area contributed by atoms with Crippen molar-refractivity contribution in [3.63, 3.8) is 0 Å². The number of hydrogen-bond donors (Lipinski definition) is 1. The highest BCUT2D eigenvalue weighted by molar-refractivity contribution is 7.90. The summed E-state index contributed by atoms with van der Waals surface area (Å²) >= 11 is 0. The monoisotopic (exact) mass is 479 g/mol. The number of nitriles is 1. The van der Waals surface area contributed by atoms with Crippen LogP contribution in [-0.2, 0) is 14.8 Å². The van der Waals surface area contributed by atoms with E-state index < -0.39 is 16.1 Å². The van der Waals surface area contributed by atoms with Crippen molar-refractivity contribution in [1.29, 1.82) is 5.26 Å². The molecule has 3 aromatic heterocycles. The molecule has 1 fully saturated rings. The Balaban J connectivity index is 1.62. The molecule has 0 amide bonds. The van der Waals surface area contributed by atoms with Crippen molar-refractivity contribution in [1.82, 2.24) is 18.5 Å². The van der Waals surface area contributed by atoms with E-state index in [0.29, 0.717) is 22.4 Å². The Bertz CT molecular complexity index is 1480. The molecule has 0 aliphatic heterocycles. The lowest BCUT2D eigenvalue weighted by Crippen LogP contribution is -2.25. The summed E-state index contributed by atoms with van der Waals surface area (Å²) in [5, 5.41) is 19.9. The molecule has 1 N–H and O–H groups in total. The third-order valence-electron chi connectivity index (χ3n) is 6.42. The van der Waals surface area contributed by atoms with Crippen molar-refractivity contribution in [3.8, 4) is 6.07 Å². The first-order chi connectivity index (χ1) is 16.4. The quantitative estimate of drug-likeness (QED) is 0.447. The smallest absolute Gasteiger partial charge is 0.269 e. The van der Waals surface area contributed by atoms with Crippen molar-refractivity contribution in [2.75, 3.05) is 6.61 Å². The molecule has 10 heteroatoms. The molecule has 0 saturated heterocycles. The highest BCUT2D eigenvalue weighted by Gasteiger charge is 2.29. The second-order valence-corrected chi connectivity index (χ2v) is 10.4. The minimum Gasteiger partial charge on any atom is -0.385 e. The average Bonchev–Trinajstić information content (AvgIpc) is 3.46. The highest BCUT2D eigenvalue weighted by Crippen LogP contribution is 2.37. The zero-order valence-electron chi connectivity index (χ0n) is 18.7. The van der Waals surface area contributed by atoms with Gasteiger partial charge in [-0.05, 0) is 50.8 Å². The van der Waals surface area contributed by atoms with Crippen LogP contribution in [0.25, 0.3) is 22.1 Å². The summed E-state index contributed by atoms with van der Waals surface area (Å²) in [5.41, 5.74) is 1.70. The predicted octanol–water partition coefficient (Wildman–Crippen LogP) is 3.70. The van der Waals surface area contributed by atoms with E-state index in [1.165, 1.54) is 10.2 Å². The Morgan fingerprint density at radius 1 is 1.21 bits per heavy atom. The number of aliphatic hydroxyl groups is 1. The number of rotatable bonds is 6. The van der Waals surface area contributed by atoms with E-state index in [1.54, 1.807) is 49.5 Å². The summed E-state index contributed by atoms with van der Waals surface area (Å²) in [7, 11) is -3.82. The first-order valence-corrected chi connectivity index (χ1v) is 12.7.